The van der Waals surface area contributed by atoms with E-state index in [0.717, 1.165) is 7.11 Å². The fourth-order valence-corrected chi connectivity index (χ4v) is 3.82. The molecular formula is C28H24O10. The maximum atomic E-state index is 13.0. The highest BCUT2D eigenvalue weighted by atomic mass is 16.7. The number of ether oxygens (including phenoxy) is 5. The molecule has 1 saturated heterocycles. The molecule has 4 rings (SSSR count). The van der Waals surface area contributed by atoms with Gasteiger partial charge in [0, 0.05) is 0 Å². The maximum absolute atomic E-state index is 13.0. The Morgan fingerprint density at radius 3 is 1.37 bits per heavy atom. The molecule has 5 atom stereocenters. The van der Waals surface area contributed by atoms with Crippen LogP contribution in [0.15, 0.2) is 91.0 Å². The van der Waals surface area contributed by atoms with Crippen LogP contribution in [0.2, 0.25) is 0 Å². The maximum Gasteiger partial charge on any atom is 0.339 e. The van der Waals surface area contributed by atoms with Gasteiger partial charge in [0.2, 0.25) is 0 Å². The van der Waals surface area contributed by atoms with Gasteiger partial charge in [0.1, 0.15) is 0 Å². The van der Waals surface area contributed by atoms with Crippen LogP contribution >= 0.6 is 0 Å². The van der Waals surface area contributed by atoms with Crippen LogP contribution in [-0.2, 0) is 28.5 Å². The van der Waals surface area contributed by atoms with Gasteiger partial charge in [-0.15, -0.1) is 0 Å². The Balaban J connectivity index is 1.71. The molecule has 0 bridgehead atoms. The van der Waals surface area contributed by atoms with E-state index in [1.807, 2.05) is 0 Å². The molecule has 1 fully saturated rings. The van der Waals surface area contributed by atoms with Crippen LogP contribution in [0.4, 0.5) is 0 Å². The van der Waals surface area contributed by atoms with Crippen molar-refractivity contribution in [3.63, 3.8) is 0 Å². The van der Waals surface area contributed by atoms with Crippen molar-refractivity contribution in [2.24, 2.45) is 0 Å². The number of hydrogen-bond acceptors (Lipinski definition) is 10. The van der Waals surface area contributed by atoms with E-state index in [9.17, 15) is 24.3 Å². The minimum Gasteiger partial charge on any atom is -0.467 e. The van der Waals surface area contributed by atoms with Gasteiger partial charge in [-0.2, -0.15) is 0 Å². The van der Waals surface area contributed by atoms with Crippen LogP contribution in [0.1, 0.15) is 31.1 Å². The number of aliphatic hydroxyl groups excluding tert-OH is 1. The van der Waals surface area contributed by atoms with E-state index in [4.69, 9.17) is 23.7 Å². The van der Waals surface area contributed by atoms with E-state index < -0.39 is 54.6 Å². The predicted octanol–water partition coefficient (Wildman–Crippen LogP) is 2.55. The van der Waals surface area contributed by atoms with Crippen molar-refractivity contribution in [1.29, 1.82) is 0 Å². The summed E-state index contributed by atoms with van der Waals surface area (Å²) in [6.07, 6.45) is -8.63. The van der Waals surface area contributed by atoms with Gasteiger partial charge >= 0.3 is 23.9 Å². The lowest BCUT2D eigenvalue weighted by Crippen LogP contribution is -2.63. The van der Waals surface area contributed by atoms with Crippen LogP contribution in [0.3, 0.4) is 0 Å². The third kappa shape index (κ3) is 6.05. The molecule has 10 heteroatoms. The summed E-state index contributed by atoms with van der Waals surface area (Å²) in [5, 5.41) is 10.8. The second-order valence-electron chi connectivity index (χ2n) is 8.18. The van der Waals surface area contributed by atoms with E-state index >= 15 is 0 Å². The van der Waals surface area contributed by atoms with E-state index in [1.54, 1.807) is 54.6 Å². The van der Waals surface area contributed by atoms with Crippen molar-refractivity contribution in [3.8, 4) is 0 Å². The molecule has 0 spiro atoms. The van der Waals surface area contributed by atoms with Crippen molar-refractivity contribution in [3.05, 3.63) is 108 Å². The van der Waals surface area contributed by atoms with Crippen molar-refractivity contribution < 1.29 is 48.0 Å². The molecule has 1 heterocycles. The summed E-state index contributed by atoms with van der Waals surface area (Å²) in [6, 6.07) is 23.6. The Morgan fingerprint density at radius 2 is 0.974 bits per heavy atom. The second-order valence-corrected chi connectivity index (χ2v) is 8.18. The lowest BCUT2D eigenvalue weighted by molar-refractivity contribution is -0.278. The Morgan fingerprint density at radius 1 is 0.605 bits per heavy atom. The molecule has 0 saturated carbocycles. The molecule has 0 aromatic heterocycles. The Kier molecular flexibility index (Phi) is 8.47. The summed E-state index contributed by atoms with van der Waals surface area (Å²) in [6.45, 7) is 0. The molecule has 0 amide bonds. The highest BCUT2D eigenvalue weighted by Gasteiger charge is 2.55. The standard InChI is InChI=1S/C28H24O10/c1-34-27(32)22-20(35-24(29)17-11-5-2-6-12-17)21(36-25(30)18-13-7-3-8-14-18)23(28(33)38-22)37-26(31)19-15-9-4-10-16-19/h2-16,20-23,28,33H,1H3/t20-,21-,22-,23+,28-/m0/s1. The largest absolute Gasteiger partial charge is 0.467 e. The molecule has 10 nitrogen and oxygen atoms in total. The van der Waals surface area contributed by atoms with Crippen molar-refractivity contribution >= 4 is 23.9 Å². The summed E-state index contributed by atoms with van der Waals surface area (Å²) in [5.74, 6) is -3.64. The number of rotatable bonds is 7. The van der Waals surface area contributed by atoms with Crippen LogP contribution in [0, 0.1) is 0 Å². The number of carbonyl (C=O) groups is 4. The first-order valence-corrected chi connectivity index (χ1v) is 11.6. The molecule has 196 valence electrons. The zero-order valence-electron chi connectivity index (χ0n) is 20.2. The number of hydrogen-bond donors (Lipinski definition) is 1. The third-order valence-corrected chi connectivity index (χ3v) is 5.70. The molecule has 1 aliphatic heterocycles. The van der Waals surface area contributed by atoms with Gasteiger partial charge in [-0.1, -0.05) is 54.6 Å². The number of esters is 4. The first-order chi connectivity index (χ1) is 18.4. The van der Waals surface area contributed by atoms with Gasteiger partial charge in [-0.3, -0.25) is 0 Å². The molecule has 38 heavy (non-hydrogen) atoms. The van der Waals surface area contributed by atoms with Crippen molar-refractivity contribution in [1.82, 2.24) is 0 Å². The molecule has 0 unspecified atom stereocenters. The summed E-state index contributed by atoms with van der Waals surface area (Å²) in [7, 11) is 1.07. The highest BCUT2D eigenvalue weighted by Crippen LogP contribution is 2.30. The van der Waals surface area contributed by atoms with Crippen LogP contribution < -0.4 is 0 Å². The lowest BCUT2D eigenvalue weighted by Gasteiger charge is -2.42. The average Bonchev–Trinajstić information content (AvgIpc) is 2.96. The quantitative estimate of drug-likeness (QED) is 0.366. The zero-order chi connectivity index (χ0) is 27.1. The van der Waals surface area contributed by atoms with Crippen molar-refractivity contribution in [2.75, 3.05) is 7.11 Å². The fourth-order valence-electron chi connectivity index (χ4n) is 3.82. The second kappa shape index (κ2) is 12.1. The number of benzene rings is 3. The smallest absolute Gasteiger partial charge is 0.339 e. The van der Waals surface area contributed by atoms with E-state index in [-0.39, 0.29) is 16.7 Å². The summed E-state index contributed by atoms with van der Waals surface area (Å²) < 4.78 is 26.9. The van der Waals surface area contributed by atoms with Crippen LogP contribution in [-0.4, -0.2) is 66.8 Å². The number of methoxy groups -OCH3 is 1. The average molecular weight is 520 g/mol. The third-order valence-electron chi connectivity index (χ3n) is 5.70. The first-order valence-electron chi connectivity index (χ1n) is 11.6. The minimum absolute atomic E-state index is 0.129. The van der Waals surface area contributed by atoms with Crippen LogP contribution in [0.25, 0.3) is 0 Å². The van der Waals surface area contributed by atoms with Gasteiger partial charge in [-0.05, 0) is 36.4 Å². The topological polar surface area (TPSA) is 135 Å². The molecular weight excluding hydrogens is 496 g/mol. The Hall–Kier alpha value is -4.54. The van der Waals surface area contributed by atoms with E-state index in [0.29, 0.717) is 0 Å². The molecule has 0 aliphatic carbocycles. The monoisotopic (exact) mass is 520 g/mol. The zero-order valence-corrected chi connectivity index (χ0v) is 20.2. The normalized spacial score (nSPS) is 22.5. The van der Waals surface area contributed by atoms with Gasteiger partial charge < -0.3 is 28.8 Å². The fraction of sp³-hybridized carbons (Fsp3) is 0.214. The SMILES string of the molecule is COC(=O)[C@H]1O[C@H](O)[C@H](OC(=O)c2ccccc2)[C@@H](OC(=O)c2ccccc2)[C@@H]1OC(=O)c1ccccc1. The molecule has 0 radical (unpaired) electrons. The van der Waals surface area contributed by atoms with E-state index in [2.05, 4.69) is 0 Å². The minimum atomic E-state index is -1.94. The summed E-state index contributed by atoms with van der Waals surface area (Å²) in [5.41, 5.74) is 0.401. The Labute approximate surface area is 217 Å². The molecule has 1 aliphatic rings. The highest BCUT2D eigenvalue weighted by molar-refractivity contribution is 5.91. The van der Waals surface area contributed by atoms with Gasteiger partial charge in [0.05, 0.1) is 23.8 Å². The molecule has 3 aromatic carbocycles. The number of aliphatic hydroxyl groups is 1. The lowest BCUT2D eigenvalue weighted by atomic mass is 9.97. The first kappa shape index (κ1) is 26.5. The number of carbonyl (C=O) groups excluding carboxylic acids is 4. The van der Waals surface area contributed by atoms with Crippen LogP contribution in [0.5, 0.6) is 0 Å². The molecule has 3 aromatic rings. The van der Waals surface area contributed by atoms with Crippen molar-refractivity contribution in [2.45, 2.75) is 30.7 Å². The van der Waals surface area contributed by atoms with Gasteiger partial charge in [-0.25, -0.2) is 19.2 Å². The summed E-state index contributed by atoms with van der Waals surface area (Å²) >= 11 is 0. The van der Waals surface area contributed by atoms with E-state index in [1.165, 1.54) is 36.4 Å². The Bertz CT molecular complexity index is 1260. The molecule has 1 N–H and O–H groups in total. The summed E-state index contributed by atoms with van der Waals surface area (Å²) in [4.78, 5) is 51.4. The van der Waals surface area contributed by atoms with Gasteiger partial charge in [0.25, 0.3) is 0 Å². The van der Waals surface area contributed by atoms with Gasteiger partial charge in [0.15, 0.2) is 30.7 Å². The predicted molar refractivity (Wildman–Crippen MR) is 130 cm³/mol.